The molecule has 1 aliphatic heterocycles. The zero-order valence-electron chi connectivity index (χ0n) is 18.3. The van der Waals surface area contributed by atoms with E-state index in [1.165, 1.54) is 5.56 Å². The second kappa shape index (κ2) is 9.41. The van der Waals surface area contributed by atoms with Crippen molar-refractivity contribution >= 4 is 34.5 Å². The van der Waals surface area contributed by atoms with Crippen molar-refractivity contribution in [3.63, 3.8) is 0 Å². The lowest BCUT2D eigenvalue weighted by atomic mass is 9.98. The van der Waals surface area contributed by atoms with E-state index in [0.29, 0.717) is 23.2 Å². The molecule has 1 aliphatic rings. The van der Waals surface area contributed by atoms with Crippen molar-refractivity contribution in [1.82, 2.24) is 19.5 Å². The molecule has 0 atom stereocenters. The number of aromatic nitrogens is 3. The van der Waals surface area contributed by atoms with Crippen molar-refractivity contribution < 1.29 is 4.74 Å². The fraction of sp³-hybridized carbons (Fsp3) is 0.231. The van der Waals surface area contributed by atoms with Gasteiger partial charge in [0, 0.05) is 29.2 Å². The molecule has 0 saturated heterocycles. The Morgan fingerprint density at radius 1 is 1.15 bits per heavy atom. The molecule has 7 heteroatoms. The maximum atomic E-state index is 6.19. The molecule has 0 radical (unpaired) electrons. The fourth-order valence-corrected chi connectivity index (χ4v) is 4.86. The average molecular weight is 477 g/mol. The predicted octanol–water partition coefficient (Wildman–Crippen LogP) is 5.82. The maximum Gasteiger partial charge on any atom is 0.169 e. The van der Waals surface area contributed by atoms with Crippen LogP contribution in [0.5, 0.6) is 5.75 Å². The monoisotopic (exact) mass is 476 g/mol. The first-order valence-electron chi connectivity index (χ1n) is 11.1. The van der Waals surface area contributed by atoms with Gasteiger partial charge in [-0.25, -0.2) is 4.52 Å². The summed E-state index contributed by atoms with van der Waals surface area (Å²) in [6.45, 7) is 5.70. The van der Waals surface area contributed by atoms with E-state index in [9.17, 15) is 0 Å². The van der Waals surface area contributed by atoms with Gasteiger partial charge >= 0.3 is 0 Å². The molecule has 0 fully saturated rings. The van der Waals surface area contributed by atoms with Crippen LogP contribution in [0.15, 0.2) is 67.3 Å². The SMILES string of the molecule is C=CCNC(=S)c1c(-c2ccc(Cl)cc2)c2c3n(c(COc4ccccc4)nn13)CCCC2. The highest BCUT2D eigenvalue weighted by Crippen LogP contribution is 2.37. The van der Waals surface area contributed by atoms with Crippen molar-refractivity contribution in [2.75, 3.05) is 6.54 Å². The molecule has 3 heterocycles. The zero-order chi connectivity index (χ0) is 22.8. The summed E-state index contributed by atoms with van der Waals surface area (Å²) in [4.78, 5) is 0.654. The topological polar surface area (TPSA) is 43.5 Å². The summed E-state index contributed by atoms with van der Waals surface area (Å²) in [5, 5.41) is 9.03. The van der Waals surface area contributed by atoms with Gasteiger partial charge in [-0.2, -0.15) is 0 Å². The van der Waals surface area contributed by atoms with Crippen LogP contribution in [0.25, 0.3) is 16.8 Å². The number of rotatable bonds is 7. The van der Waals surface area contributed by atoms with Crippen LogP contribution in [0.3, 0.4) is 0 Å². The summed E-state index contributed by atoms with van der Waals surface area (Å²) < 4.78 is 10.4. The van der Waals surface area contributed by atoms with Crippen LogP contribution in [0.4, 0.5) is 0 Å². The van der Waals surface area contributed by atoms with Crippen LogP contribution in [0.2, 0.25) is 5.02 Å². The molecule has 1 N–H and O–H groups in total. The molecule has 0 saturated carbocycles. The molecule has 0 unspecified atom stereocenters. The van der Waals surface area contributed by atoms with Crippen LogP contribution in [-0.4, -0.2) is 25.7 Å². The Morgan fingerprint density at radius 2 is 1.94 bits per heavy atom. The van der Waals surface area contributed by atoms with Gasteiger partial charge in [-0.05, 0) is 49.1 Å². The molecule has 0 spiro atoms. The number of thiocarbonyl (C=S) groups is 1. The number of nitrogens with one attached hydrogen (secondary N) is 1. The van der Waals surface area contributed by atoms with Crippen molar-refractivity contribution in [2.45, 2.75) is 32.4 Å². The number of hydrogen-bond acceptors (Lipinski definition) is 3. The molecular weight excluding hydrogens is 452 g/mol. The van der Waals surface area contributed by atoms with Crippen LogP contribution >= 0.6 is 23.8 Å². The van der Waals surface area contributed by atoms with Gasteiger partial charge in [0.2, 0.25) is 0 Å². The fourth-order valence-electron chi connectivity index (χ4n) is 4.46. The van der Waals surface area contributed by atoms with Crippen molar-refractivity contribution in [1.29, 1.82) is 0 Å². The molecule has 0 amide bonds. The number of hydrogen-bond donors (Lipinski definition) is 1. The molecule has 2 aromatic carbocycles. The zero-order valence-corrected chi connectivity index (χ0v) is 19.8. The minimum atomic E-state index is 0.397. The van der Waals surface area contributed by atoms with Gasteiger partial charge in [-0.15, -0.1) is 11.7 Å². The quantitative estimate of drug-likeness (QED) is 0.269. The van der Waals surface area contributed by atoms with Gasteiger partial charge in [0.1, 0.15) is 28.7 Å². The summed E-state index contributed by atoms with van der Waals surface area (Å²) in [6, 6.07) is 17.8. The minimum Gasteiger partial charge on any atom is -0.486 e. The normalized spacial score (nSPS) is 13.0. The lowest BCUT2D eigenvalue weighted by molar-refractivity contribution is 0.288. The van der Waals surface area contributed by atoms with Gasteiger partial charge in [0.05, 0.1) is 0 Å². The molecular formula is C26H25ClN4OS. The Balaban J connectivity index is 1.67. The van der Waals surface area contributed by atoms with Crippen LogP contribution in [-0.2, 0) is 19.6 Å². The Labute approximate surface area is 203 Å². The second-order valence-electron chi connectivity index (χ2n) is 8.07. The lowest BCUT2D eigenvalue weighted by Gasteiger charge is -2.11. The summed E-state index contributed by atoms with van der Waals surface area (Å²) in [6.07, 6.45) is 4.97. The van der Waals surface area contributed by atoms with Crippen molar-refractivity contribution in [3.8, 4) is 16.9 Å². The van der Waals surface area contributed by atoms with Gasteiger partial charge in [-0.1, -0.05) is 60.2 Å². The Bertz CT molecular complexity index is 1310. The van der Waals surface area contributed by atoms with Crippen LogP contribution in [0.1, 0.15) is 29.9 Å². The molecule has 5 nitrogen and oxygen atoms in total. The first-order valence-corrected chi connectivity index (χ1v) is 11.9. The first kappa shape index (κ1) is 21.7. The Kier molecular flexibility index (Phi) is 6.20. The summed E-state index contributed by atoms with van der Waals surface area (Å²) >= 11 is 12.0. The standard InChI is InChI=1S/C26H25ClN4OS/c1-2-15-28-25(33)24-23(18-11-13-19(27)14-12-18)21-10-6-7-16-30-22(29-31(24)26(21)30)17-32-20-8-4-3-5-9-20/h2-5,8-9,11-14H,1,6-7,10,15-17H2,(H,28,33). The summed E-state index contributed by atoms with van der Waals surface area (Å²) in [7, 11) is 0. The Morgan fingerprint density at radius 3 is 2.70 bits per heavy atom. The average Bonchev–Trinajstić information content (AvgIpc) is 3.24. The number of benzene rings is 2. The van der Waals surface area contributed by atoms with Crippen molar-refractivity contribution in [2.24, 2.45) is 0 Å². The van der Waals surface area contributed by atoms with E-state index in [0.717, 1.165) is 59.8 Å². The summed E-state index contributed by atoms with van der Waals surface area (Å²) in [5.41, 5.74) is 5.49. The largest absolute Gasteiger partial charge is 0.486 e. The van der Waals surface area contributed by atoms with E-state index in [1.54, 1.807) is 6.08 Å². The van der Waals surface area contributed by atoms with Crippen molar-refractivity contribution in [3.05, 3.63) is 89.4 Å². The third-order valence-electron chi connectivity index (χ3n) is 5.93. The highest BCUT2D eigenvalue weighted by Gasteiger charge is 2.29. The van der Waals surface area contributed by atoms with E-state index in [1.807, 2.05) is 47.0 Å². The first-order chi connectivity index (χ1) is 16.2. The highest BCUT2D eigenvalue weighted by molar-refractivity contribution is 7.80. The van der Waals surface area contributed by atoms with E-state index >= 15 is 0 Å². The highest BCUT2D eigenvalue weighted by atomic mass is 35.5. The molecule has 0 aliphatic carbocycles. The third kappa shape index (κ3) is 4.16. The molecule has 2 aromatic heterocycles. The van der Waals surface area contributed by atoms with E-state index in [2.05, 4.69) is 28.6 Å². The molecule has 0 bridgehead atoms. The number of aryl methyl sites for hydroxylation is 2. The second-order valence-corrected chi connectivity index (χ2v) is 8.91. The molecule has 4 aromatic rings. The molecule has 168 valence electrons. The minimum absolute atomic E-state index is 0.397. The van der Waals surface area contributed by atoms with Crippen LogP contribution < -0.4 is 10.1 Å². The van der Waals surface area contributed by atoms with Crippen LogP contribution in [0, 0.1) is 0 Å². The lowest BCUT2D eigenvalue weighted by Crippen LogP contribution is -2.24. The van der Waals surface area contributed by atoms with Gasteiger partial charge in [-0.3, -0.25) is 0 Å². The predicted molar refractivity (Wildman–Crippen MR) is 137 cm³/mol. The number of para-hydroxylation sites is 1. The molecule has 5 rings (SSSR count). The van der Waals surface area contributed by atoms with E-state index < -0.39 is 0 Å². The van der Waals surface area contributed by atoms with Gasteiger partial charge in [0.25, 0.3) is 0 Å². The number of ether oxygens (including phenoxy) is 1. The van der Waals surface area contributed by atoms with Gasteiger partial charge < -0.3 is 14.6 Å². The Hall–Kier alpha value is -3.09. The van der Waals surface area contributed by atoms with E-state index in [4.69, 9.17) is 33.7 Å². The van der Waals surface area contributed by atoms with Gasteiger partial charge in [0.15, 0.2) is 5.82 Å². The third-order valence-corrected chi connectivity index (χ3v) is 6.52. The summed E-state index contributed by atoms with van der Waals surface area (Å²) in [5.74, 6) is 1.73. The molecule has 33 heavy (non-hydrogen) atoms. The van der Waals surface area contributed by atoms with E-state index in [-0.39, 0.29) is 0 Å². The maximum absolute atomic E-state index is 6.19. The number of nitrogens with zero attached hydrogens (tertiary/aromatic N) is 3. The number of halogens is 1. The smallest absolute Gasteiger partial charge is 0.169 e.